The number of hydrogen-bond acceptors (Lipinski definition) is 0. The number of hydrogen-bond donors (Lipinski definition) is 0. The van der Waals surface area contributed by atoms with Crippen LogP contribution in [-0.4, -0.2) is 4.57 Å². The van der Waals surface area contributed by atoms with Crippen molar-refractivity contribution in [3.63, 3.8) is 0 Å². The summed E-state index contributed by atoms with van der Waals surface area (Å²) in [5.74, 6) is 0. The van der Waals surface area contributed by atoms with Gasteiger partial charge in [0, 0.05) is 28.9 Å². The Balaban J connectivity index is 2.37. The zero-order valence-electron chi connectivity index (χ0n) is 14.6. The molecule has 0 amide bonds. The number of aromatic nitrogens is 1. The fourth-order valence-corrected chi connectivity index (χ4v) is 3.86. The van der Waals surface area contributed by atoms with Gasteiger partial charge in [0.2, 0.25) is 0 Å². The fourth-order valence-electron chi connectivity index (χ4n) is 3.86. The van der Waals surface area contributed by atoms with E-state index in [4.69, 9.17) is 0 Å². The van der Waals surface area contributed by atoms with Crippen LogP contribution in [0.2, 0.25) is 0 Å². The highest BCUT2D eigenvalue weighted by atomic mass is 14.9. The van der Waals surface area contributed by atoms with Gasteiger partial charge in [0.15, 0.2) is 0 Å². The van der Waals surface area contributed by atoms with Gasteiger partial charge in [0.25, 0.3) is 0 Å². The summed E-state index contributed by atoms with van der Waals surface area (Å²) in [4.78, 5) is 0. The molecule has 1 heterocycles. The lowest BCUT2D eigenvalue weighted by Crippen LogP contribution is -1.91. The van der Waals surface area contributed by atoms with Crippen LogP contribution in [0.4, 0.5) is 0 Å². The molecule has 1 nitrogen and oxygen atoms in total. The smallest absolute Gasteiger partial charge is 0.0494 e. The molecule has 22 heavy (non-hydrogen) atoms. The summed E-state index contributed by atoms with van der Waals surface area (Å²) in [6, 6.07) is 9.55. The van der Waals surface area contributed by atoms with E-state index in [0.717, 1.165) is 0 Å². The standard InChI is InChI=1S/C21H27N/c1-6-8-16-10-14(3)20-18(12-16)22(5)19-13-17(9-7-2)11-15(4)21(19)20/h10-13H,6-9H2,1-5H3. The maximum absolute atomic E-state index is 2.39. The van der Waals surface area contributed by atoms with E-state index in [1.54, 1.807) is 0 Å². The fraction of sp³-hybridized carbons (Fsp3) is 0.429. The van der Waals surface area contributed by atoms with Gasteiger partial charge in [0.1, 0.15) is 0 Å². The van der Waals surface area contributed by atoms with Crippen LogP contribution in [0.3, 0.4) is 0 Å². The molecule has 0 fully saturated rings. The second-order valence-electron chi connectivity index (χ2n) is 6.67. The first-order valence-electron chi connectivity index (χ1n) is 8.58. The first-order chi connectivity index (χ1) is 10.6. The molecule has 0 bridgehead atoms. The molecule has 0 aliphatic carbocycles. The lowest BCUT2D eigenvalue weighted by atomic mass is 9.98. The second-order valence-corrected chi connectivity index (χ2v) is 6.67. The van der Waals surface area contributed by atoms with Gasteiger partial charge in [-0.2, -0.15) is 0 Å². The highest BCUT2D eigenvalue weighted by Gasteiger charge is 2.14. The lowest BCUT2D eigenvalue weighted by Gasteiger charge is -2.06. The topological polar surface area (TPSA) is 4.93 Å². The minimum atomic E-state index is 1.17. The van der Waals surface area contributed by atoms with Crippen LogP contribution in [0.25, 0.3) is 21.8 Å². The van der Waals surface area contributed by atoms with Gasteiger partial charge in [-0.1, -0.05) is 38.8 Å². The van der Waals surface area contributed by atoms with Crippen LogP contribution in [0.15, 0.2) is 24.3 Å². The van der Waals surface area contributed by atoms with Crippen molar-refractivity contribution in [2.45, 2.75) is 53.4 Å². The molecule has 0 N–H and O–H groups in total. The molecule has 1 aromatic heterocycles. The molecule has 0 spiro atoms. The van der Waals surface area contributed by atoms with E-state index in [1.807, 2.05) is 0 Å². The largest absolute Gasteiger partial charge is 0.344 e. The predicted octanol–water partition coefficient (Wildman–Crippen LogP) is 5.85. The van der Waals surface area contributed by atoms with Crippen molar-refractivity contribution in [2.75, 3.05) is 0 Å². The van der Waals surface area contributed by atoms with Crippen LogP contribution in [-0.2, 0) is 19.9 Å². The molecule has 0 unspecified atom stereocenters. The Morgan fingerprint density at radius 2 is 1.14 bits per heavy atom. The van der Waals surface area contributed by atoms with Crippen LogP contribution in [0.1, 0.15) is 48.9 Å². The quantitative estimate of drug-likeness (QED) is 0.568. The predicted molar refractivity (Wildman–Crippen MR) is 97.9 cm³/mol. The van der Waals surface area contributed by atoms with Crippen LogP contribution >= 0.6 is 0 Å². The third-order valence-corrected chi connectivity index (χ3v) is 4.80. The van der Waals surface area contributed by atoms with E-state index in [1.165, 1.54) is 69.7 Å². The molecule has 0 aliphatic rings. The van der Waals surface area contributed by atoms with E-state index >= 15 is 0 Å². The Labute approximate surface area is 133 Å². The average molecular weight is 293 g/mol. The highest BCUT2D eigenvalue weighted by Crippen LogP contribution is 2.35. The van der Waals surface area contributed by atoms with Crippen molar-refractivity contribution in [1.29, 1.82) is 0 Å². The Bertz CT molecular complexity index is 767. The van der Waals surface area contributed by atoms with Crippen LogP contribution in [0.5, 0.6) is 0 Å². The molecule has 0 radical (unpaired) electrons. The zero-order chi connectivity index (χ0) is 15.9. The summed E-state index contributed by atoms with van der Waals surface area (Å²) in [7, 11) is 2.22. The summed E-state index contributed by atoms with van der Waals surface area (Å²) in [5, 5.41) is 2.89. The van der Waals surface area contributed by atoms with Gasteiger partial charge in [-0.3, -0.25) is 0 Å². The van der Waals surface area contributed by atoms with E-state index in [2.05, 4.69) is 63.6 Å². The second kappa shape index (κ2) is 5.79. The number of fused-ring (bicyclic) bond motifs is 3. The number of nitrogens with zero attached hydrogens (tertiary/aromatic N) is 1. The van der Waals surface area contributed by atoms with Gasteiger partial charge in [-0.25, -0.2) is 0 Å². The highest BCUT2D eigenvalue weighted by molar-refractivity contribution is 6.11. The first-order valence-corrected chi connectivity index (χ1v) is 8.58. The third kappa shape index (κ3) is 2.33. The number of rotatable bonds is 4. The van der Waals surface area contributed by atoms with Crippen molar-refractivity contribution in [2.24, 2.45) is 7.05 Å². The normalized spacial score (nSPS) is 11.7. The lowest BCUT2D eigenvalue weighted by molar-refractivity contribution is 0.916. The SMILES string of the molecule is CCCc1cc(C)c2c3c(C)cc(CCC)cc3n(C)c2c1. The summed E-state index contributed by atoms with van der Waals surface area (Å²) in [6.07, 6.45) is 4.74. The first kappa shape index (κ1) is 15.1. The Morgan fingerprint density at radius 3 is 1.50 bits per heavy atom. The van der Waals surface area contributed by atoms with Crippen LogP contribution in [0, 0.1) is 13.8 Å². The van der Waals surface area contributed by atoms with Gasteiger partial charge >= 0.3 is 0 Å². The molecular weight excluding hydrogens is 266 g/mol. The molecule has 0 aliphatic heterocycles. The minimum absolute atomic E-state index is 1.17. The maximum Gasteiger partial charge on any atom is 0.0494 e. The van der Waals surface area contributed by atoms with Gasteiger partial charge in [-0.05, 0) is 61.1 Å². The molecular formula is C21H27N. The van der Waals surface area contributed by atoms with E-state index in [0.29, 0.717) is 0 Å². The third-order valence-electron chi connectivity index (χ3n) is 4.80. The summed E-state index contributed by atoms with van der Waals surface area (Å²) >= 11 is 0. The molecule has 3 aromatic rings. The Hall–Kier alpha value is -1.76. The molecule has 2 aromatic carbocycles. The van der Waals surface area contributed by atoms with Crippen molar-refractivity contribution in [3.8, 4) is 0 Å². The van der Waals surface area contributed by atoms with Gasteiger partial charge in [0.05, 0.1) is 0 Å². The van der Waals surface area contributed by atoms with Gasteiger partial charge in [-0.15, -0.1) is 0 Å². The van der Waals surface area contributed by atoms with Crippen molar-refractivity contribution < 1.29 is 0 Å². The van der Waals surface area contributed by atoms with E-state index < -0.39 is 0 Å². The van der Waals surface area contributed by atoms with E-state index in [-0.39, 0.29) is 0 Å². The zero-order valence-corrected chi connectivity index (χ0v) is 14.6. The molecule has 0 saturated heterocycles. The summed E-state index contributed by atoms with van der Waals surface area (Å²) in [6.45, 7) is 9.03. The molecule has 0 saturated carbocycles. The van der Waals surface area contributed by atoms with Crippen molar-refractivity contribution >= 4 is 21.8 Å². The molecule has 1 heteroatoms. The van der Waals surface area contributed by atoms with Crippen LogP contribution < -0.4 is 0 Å². The van der Waals surface area contributed by atoms with E-state index in [9.17, 15) is 0 Å². The van der Waals surface area contributed by atoms with Crippen molar-refractivity contribution in [1.82, 2.24) is 4.57 Å². The van der Waals surface area contributed by atoms with Gasteiger partial charge < -0.3 is 4.57 Å². The maximum atomic E-state index is 2.39. The molecule has 116 valence electrons. The Kier molecular flexibility index (Phi) is 3.99. The van der Waals surface area contributed by atoms with Crippen molar-refractivity contribution in [3.05, 3.63) is 46.5 Å². The average Bonchev–Trinajstić information content (AvgIpc) is 2.75. The summed E-state index contributed by atoms with van der Waals surface area (Å²) in [5.41, 5.74) is 8.52. The number of benzene rings is 2. The molecule has 0 atom stereocenters. The minimum Gasteiger partial charge on any atom is -0.344 e. The summed E-state index contributed by atoms with van der Waals surface area (Å²) < 4.78 is 2.39. The monoisotopic (exact) mass is 293 g/mol. The molecule has 3 rings (SSSR count). The number of aryl methyl sites for hydroxylation is 5. The Morgan fingerprint density at radius 1 is 0.727 bits per heavy atom.